The van der Waals surface area contributed by atoms with E-state index in [4.69, 9.17) is 5.73 Å². The van der Waals surface area contributed by atoms with Crippen molar-refractivity contribution < 1.29 is 8.42 Å². The quantitative estimate of drug-likeness (QED) is 0.813. The molecule has 0 bridgehead atoms. The van der Waals surface area contributed by atoms with Crippen molar-refractivity contribution in [3.05, 3.63) is 48.7 Å². The lowest BCUT2D eigenvalue weighted by atomic mass is 10.5. The Labute approximate surface area is 99.4 Å². The first-order chi connectivity index (χ1) is 8.08. The van der Waals surface area contributed by atoms with Crippen LogP contribution in [0.4, 0.5) is 11.5 Å². The van der Waals surface area contributed by atoms with Crippen LogP contribution >= 0.6 is 0 Å². The van der Waals surface area contributed by atoms with Crippen LogP contribution in [0.3, 0.4) is 0 Å². The first-order valence-electron chi connectivity index (χ1n) is 4.87. The van der Waals surface area contributed by atoms with Gasteiger partial charge >= 0.3 is 0 Å². The summed E-state index contributed by atoms with van der Waals surface area (Å²) >= 11 is 0. The molecule has 2 rings (SSSR count). The number of nitrogens with zero attached hydrogens (tertiary/aromatic N) is 1. The molecule has 0 aliphatic carbocycles. The van der Waals surface area contributed by atoms with Gasteiger partial charge < -0.3 is 5.73 Å². The minimum absolute atomic E-state index is 0.150. The number of nitrogens with one attached hydrogen (secondary N) is 1. The van der Waals surface area contributed by atoms with Gasteiger partial charge in [0, 0.05) is 11.9 Å². The highest BCUT2D eigenvalue weighted by Crippen LogP contribution is 2.15. The van der Waals surface area contributed by atoms with Gasteiger partial charge in [-0.15, -0.1) is 0 Å². The molecule has 0 fully saturated rings. The maximum atomic E-state index is 11.9. The summed E-state index contributed by atoms with van der Waals surface area (Å²) in [5, 5.41) is 0. The van der Waals surface area contributed by atoms with Crippen molar-refractivity contribution >= 4 is 21.5 Å². The number of sulfonamides is 1. The van der Waals surface area contributed by atoms with Crippen LogP contribution in [-0.4, -0.2) is 13.4 Å². The number of rotatable bonds is 3. The Morgan fingerprint density at radius 2 is 1.76 bits per heavy atom. The van der Waals surface area contributed by atoms with Crippen LogP contribution in [-0.2, 0) is 10.0 Å². The van der Waals surface area contributed by atoms with Gasteiger partial charge in [-0.25, -0.2) is 13.4 Å². The average molecular weight is 255 g/mol. The fourth-order valence-corrected chi connectivity index (χ4v) is 2.28. The van der Waals surface area contributed by atoms with Crippen LogP contribution in [0, 0.1) is 0 Å². The van der Waals surface area contributed by atoms with Gasteiger partial charge in [-0.3, -0.25) is 4.72 Å². The van der Waals surface area contributed by atoms with E-state index in [0.717, 1.165) is 0 Å². The van der Waals surface area contributed by atoms with Gasteiger partial charge in [0.2, 0.25) is 0 Å². The Bertz CT molecular complexity index is 594. The van der Waals surface area contributed by atoms with Gasteiger partial charge in [-0.2, -0.15) is 0 Å². The highest BCUT2D eigenvalue weighted by atomic mass is 32.2. The molecular formula is C11H11N3O2S. The van der Waals surface area contributed by atoms with E-state index in [1.807, 2.05) is 0 Å². The second-order valence-corrected chi connectivity index (χ2v) is 5.07. The first kappa shape index (κ1) is 11.4. The molecule has 0 radical (unpaired) electrons. The van der Waals surface area contributed by atoms with Crippen molar-refractivity contribution in [1.82, 2.24) is 4.98 Å². The van der Waals surface area contributed by atoms with E-state index in [-0.39, 0.29) is 10.7 Å². The SMILES string of the molecule is N[13c]1[13cH][13cH][13c](S(=O)(=O)Nc2ccccn2)[13cH][13cH]1. The molecule has 6 heteroatoms. The molecule has 0 amide bonds. The molecule has 3 N–H and O–H groups in total. The molecule has 0 aliphatic rings. The van der Waals surface area contributed by atoms with Crippen LogP contribution in [0.15, 0.2) is 53.6 Å². The van der Waals surface area contributed by atoms with Gasteiger partial charge in [0.15, 0.2) is 0 Å². The van der Waals surface area contributed by atoms with Gasteiger partial charge in [0.25, 0.3) is 10.0 Å². The predicted molar refractivity (Wildman–Crippen MR) is 65.9 cm³/mol. The Morgan fingerprint density at radius 1 is 1.06 bits per heavy atom. The molecule has 0 saturated carbocycles. The summed E-state index contributed by atoms with van der Waals surface area (Å²) in [5.74, 6) is 0.282. The molecule has 88 valence electrons. The molecule has 1 aromatic heterocycles. The molecule has 1 heterocycles. The van der Waals surface area contributed by atoms with Crippen molar-refractivity contribution in [2.75, 3.05) is 10.5 Å². The minimum Gasteiger partial charge on any atom is -0.399 e. The van der Waals surface area contributed by atoms with E-state index >= 15 is 0 Å². The summed E-state index contributed by atoms with van der Waals surface area (Å²) < 4.78 is 26.2. The zero-order valence-electron chi connectivity index (χ0n) is 8.87. The summed E-state index contributed by atoms with van der Waals surface area (Å²) in [6.45, 7) is 0. The Hall–Kier alpha value is -2.08. The number of hydrogen-bond donors (Lipinski definition) is 2. The summed E-state index contributed by atoms with van der Waals surface area (Å²) in [6.07, 6.45) is 1.51. The summed E-state index contributed by atoms with van der Waals surface area (Å²) in [5.41, 5.74) is 6.01. The second kappa shape index (κ2) is 4.42. The van der Waals surface area contributed by atoms with E-state index in [2.05, 4.69) is 9.71 Å². The summed E-state index contributed by atoms with van der Waals surface area (Å²) in [7, 11) is -3.60. The topological polar surface area (TPSA) is 85.1 Å². The van der Waals surface area contributed by atoms with Gasteiger partial charge in [-0.05, 0) is 36.4 Å². The fourth-order valence-electron chi connectivity index (χ4n) is 1.27. The molecule has 5 nitrogen and oxygen atoms in total. The second-order valence-electron chi connectivity index (χ2n) is 3.39. The van der Waals surface area contributed by atoms with E-state index < -0.39 is 10.0 Å². The third-order valence-corrected chi connectivity index (χ3v) is 3.46. The Balaban J connectivity index is 2.29. The normalized spacial score (nSPS) is 11.1. The third kappa shape index (κ3) is 2.73. The standard InChI is InChI=1S/C11H11N3O2S/c12-9-4-6-10(7-5-9)17(15,16)14-11-3-1-2-8-13-11/h1-8H,12H2,(H,13,14)/i4+1,5+1,6+1,7+1,9+1,10+1. The fraction of sp³-hybridized carbons (Fsp3) is 0. The van der Waals surface area contributed by atoms with Crippen molar-refractivity contribution in [3.8, 4) is 0 Å². The number of hydrogen-bond acceptors (Lipinski definition) is 4. The van der Waals surface area contributed by atoms with Crippen LogP contribution in [0.25, 0.3) is 0 Å². The number of pyridine rings is 1. The van der Waals surface area contributed by atoms with Gasteiger partial charge in [-0.1, -0.05) is 6.07 Å². The molecular weight excluding hydrogens is 244 g/mol. The molecule has 0 saturated heterocycles. The summed E-state index contributed by atoms with van der Waals surface area (Å²) in [6, 6.07) is 10.9. The third-order valence-electron chi connectivity index (χ3n) is 2.09. The number of nitrogens with two attached hydrogens (primary N) is 1. The van der Waals surface area contributed by atoms with Crippen molar-refractivity contribution in [2.24, 2.45) is 0 Å². The molecule has 0 unspecified atom stereocenters. The maximum absolute atomic E-state index is 11.9. The lowest BCUT2D eigenvalue weighted by Crippen LogP contribution is -2.13. The lowest BCUT2D eigenvalue weighted by Gasteiger charge is -2.06. The molecule has 1 aromatic carbocycles. The van der Waals surface area contributed by atoms with Gasteiger partial charge in [0.1, 0.15) is 5.82 Å². The van der Waals surface area contributed by atoms with Gasteiger partial charge in [0.05, 0.1) is 4.90 Å². The number of benzene rings is 1. The Morgan fingerprint density at radius 3 is 2.35 bits per heavy atom. The van der Waals surface area contributed by atoms with Crippen LogP contribution in [0.2, 0.25) is 0 Å². The van der Waals surface area contributed by atoms with Crippen molar-refractivity contribution in [1.29, 1.82) is 0 Å². The average Bonchev–Trinajstić information content (AvgIpc) is 2.30. The van der Waals surface area contributed by atoms with E-state index in [0.29, 0.717) is 5.69 Å². The largest absolute Gasteiger partial charge is 0.399 e. The molecule has 0 spiro atoms. The number of anilines is 2. The first-order valence-corrected chi connectivity index (χ1v) is 6.36. The predicted octanol–water partition coefficient (Wildman–Crippen LogP) is 1.46. The van der Waals surface area contributed by atoms with Crippen LogP contribution in [0.5, 0.6) is 0 Å². The zero-order valence-corrected chi connectivity index (χ0v) is 9.68. The highest BCUT2D eigenvalue weighted by molar-refractivity contribution is 7.92. The van der Waals surface area contributed by atoms with Crippen LogP contribution in [0.1, 0.15) is 0 Å². The van der Waals surface area contributed by atoms with E-state index in [1.165, 1.54) is 30.5 Å². The minimum atomic E-state index is -3.60. The smallest absolute Gasteiger partial charge is 0.263 e. The molecule has 0 atom stereocenters. The zero-order chi connectivity index (χ0) is 12.3. The van der Waals surface area contributed by atoms with E-state index in [9.17, 15) is 8.42 Å². The molecule has 2 aromatic rings. The highest BCUT2D eigenvalue weighted by Gasteiger charge is 2.13. The Kier molecular flexibility index (Phi) is 2.97. The molecule has 0 aliphatic heterocycles. The van der Waals surface area contributed by atoms with Crippen molar-refractivity contribution in [2.45, 2.75) is 4.90 Å². The lowest BCUT2D eigenvalue weighted by molar-refractivity contribution is 0.601. The number of nitrogen functional groups attached to an aromatic ring is 1. The van der Waals surface area contributed by atoms with Crippen molar-refractivity contribution in [3.63, 3.8) is 0 Å². The maximum Gasteiger partial charge on any atom is 0.263 e. The molecule has 17 heavy (non-hydrogen) atoms. The number of aromatic nitrogens is 1. The monoisotopic (exact) mass is 255 g/mol. The van der Waals surface area contributed by atoms with E-state index in [1.54, 1.807) is 18.2 Å². The summed E-state index contributed by atoms with van der Waals surface area (Å²) in [4.78, 5) is 4.04. The van der Waals surface area contributed by atoms with Crippen LogP contribution < -0.4 is 10.5 Å².